The lowest BCUT2D eigenvalue weighted by atomic mass is 9.99. The first-order valence-electron chi connectivity index (χ1n) is 13.4. The fourth-order valence-corrected chi connectivity index (χ4v) is 4.75. The molecule has 0 radical (unpaired) electrons. The number of fused-ring (bicyclic) bond motifs is 1. The van der Waals surface area contributed by atoms with Gasteiger partial charge in [0, 0.05) is 36.9 Å². The molecule has 0 aliphatic carbocycles. The van der Waals surface area contributed by atoms with Crippen LogP contribution in [-0.4, -0.2) is 72.8 Å². The lowest BCUT2D eigenvalue weighted by Crippen LogP contribution is -2.49. The first kappa shape index (κ1) is 28.9. The van der Waals surface area contributed by atoms with Crippen molar-refractivity contribution in [3.05, 3.63) is 83.9 Å². The molecule has 0 saturated carbocycles. The quantitative estimate of drug-likeness (QED) is 0.360. The Morgan fingerprint density at radius 3 is 2.48 bits per heavy atom. The number of nitrogens with one attached hydrogen (secondary N) is 2. The Bertz CT molecular complexity index is 1280. The van der Waals surface area contributed by atoms with E-state index in [1.54, 1.807) is 42.3 Å². The van der Waals surface area contributed by atoms with Gasteiger partial charge in [0.1, 0.15) is 17.6 Å². The highest BCUT2D eigenvalue weighted by atomic mass is 16.5. The fourth-order valence-electron chi connectivity index (χ4n) is 4.75. The number of likely N-dealkylation sites (N-methyl/N-ethyl adjacent to an activating group) is 1. The summed E-state index contributed by atoms with van der Waals surface area (Å²) in [5, 5.41) is 15.5. The predicted octanol–water partition coefficient (Wildman–Crippen LogP) is 4.69. The van der Waals surface area contributed by atoms with Gasteiger partial charge >= 0.3 is 6.03 Å². The number of hydrogen-bond acceptors (Lipinski definition) is 6. The third-order valence-corrected chi connectivity index (χ3v) is 7.06. The summed E-state index contributed by atoms with van der Waals surface area (Å²) < 4.78 is 11.7. The molecule has 0 bridgehead atoms. The van der Waals surface area contributed by atoms with Crippen LogP contribution in [-0.2, 0) is 6.54 Å². The molecule has 4 rings (SSSR count). The largest absolute Gasteiger partial charge is 0.497 e. The van der Waals surface area contributed by atoms with Crippen molar-refractivity contribution in [1.29, 1.82) is 0 Å². The molecule has 0 spiro atoms. The Labute approximate surface area is 235 Å². The second-order valence-corrected chi connectivity index (χ2v) is 10.3. The highest BCUT2D eigenvalue weighted by Crippen LogP contribution is 2.31. The minimum atomic E-state index is -0.419. The average molecular weight is 547 g/mol. The maximum Gasteiger partial charge on any atom is 0.323 e. The Kier molecular flexibility index (Phi) is 9.63. The van der Waals surface area contributed by atoms with E-state index in [0.29, 0.717) is 35.8 Å². The second-order valence-electron chi connectivity index (χ2n) is 10.3. The molecule has 3 N–H and O–H groups in total. The summed E-state index contributed by atoms with van der Waals surface area (Å²) in [6.45, 7) is 5.50. The third kappa shape index (κ3) is 7.31. The number of carbonyl (C=O) groups is 2. The van der Waals surface area contributed by atoms with E-state index in [9.17, 15) is 14.7 Å². The van der Waals surface area contributed by atoms with Gasteiger partial charge < -0.3 is 30.1 Å². The summed E-state index contributed by atoms with van der Waals surface area (Å²) in [5.74, 6) is 1.01. The van der Waals surface area contributed by atoms with E-state index in [4.69, 9.17) is 9.47 Å². The average Bonchev–Trinajstić information content (AvgIpc) is 2.95. The number of benzene rings is 3. The van der Waals surface area contributed by atoms with Gasteiger partial charge in [0.15, 0.2) is 0 Å². The van der Waals surface area contributed by atoms with E-state index >= 15 is 0 Å². The Morgan fingerprint density at radius 1 is 1.10 bits per heavy atom. The van der Waals surface area contributed by atoms with Crippen molar-refractivity contribution in [3.63, 3.8) is 0 Å². The van der Waals surface area contributed by atoms with Crippen molar-refractivity contribution in [3.8, 4) is 11.5 Å². The van der Waals surface area contributed by atoms with Gasteiger partial charge in [-0.15, -0.1) is 0 Å². The molecule has 3 aromatic rings. The van der Waals surface area contributed by atoms with Crippen LogP contribution < -0.4 is 20.1 Å². The molecule has 1 heterocycles. The smallest absolute Gasteiger partial charge is 0.323 e. The van der Waals surface area contributed by atoms with E-state index in [1.807, 2.05) is 56.4 Å². The number of amides is 3. The minimum Gasteiger partial charge on any atom is -0.497 e. The van der Waals surface area contributed by atoms with Crippen molar-refractivity contribution in [2.45, 2.75) is 32.5 Å². The molecule has 9 heteroatoms. The maximum absolute atomic E-state index is 13.7. The molecule has 1 aliphatic heterocycles. The van der Waals surface area contributed by atoms with Crippen molar-refractivity contribution in [2.24, 2.45) is 5.92 Å². The second kappa shape index (κ2) is 13.3. The molecule has 3 atom stereocenters. The number of ether oxygens (including phenoxy) is 2. The molecule has 40 heavy (non-hydrogen) atoms. The summed E-state index contributed by atoms with van der Waals surface area (Å²) in [5.41, 5.74) is 2.61. The molecule has 0 fully saturated rings. The van der Waals surface area contributed by atoms with Gasteiger partial charge in [-0.1, -0.05) is 37.3 Å². The number of rotatable bonds is 9. The molecule has 9 nitrogen and oxygen atoms in total. The van der Waals surface area contributed by atoms with Crippen molar-refractivity contribution in [1.82, 2.24) is 9.80 Å². The number of para-hydroxylation sites is 1. The molecule has 212 valence electrons. The molecular weight excluding hydrogens is 508 g/mol. The van der Waals surface area contributed by atoms with Crippen LogP contribution in [0.25, 0.3) is 0 Å². The zero-order valence-electron chi connectivity index (χ0n) is 23.5. The summed E-state index contributed by atoms with van der Waals surface area (Å²) >= 11 is 0. The van der Waals surface area contributed by atoms with Gasteiger partial charge in [0.05, 0.1) is 25.3 Å². The topological polar surface area (TPSA) is 103 Å². The van der Waals surface area contributed by atoms with Crippen LogP contribution in [0, 0.1) is 5.92 Å². The van der Waals surface area contributed by atoms with E-state index in [0.717, 1.165) is 17.9 Å². The molecule has 1 aliphatic rings. The number of aliphatic hydroxyl groups is 1. The highest BCUT2D eigenvalue weighted by molar-refractivity contribution is 6.02. The molecular formula is C31H38N4O5. The standard InChI is InChI=1S/C31H38N4O5/c1-21-17-35(22(2)20-36)30(37)27-16-25(33-31(38)32-24-8-6-5-7-9-24)12-15-28(27)40-29(21)19-34(3)18-23-10-13-26(39-4)14-11-23/h5-16,21-22,29,36H,17-20H2,1-4H3,(H2,32,33,38)/t21-,22-,29-/m1/s1. The van der Waals surface area contributed by atoms with E-state index in [-0.39, 0.29) is 30.6 Å². The molecule has 0 unspecified atom stereocenters. The fraction of sp³-hybridized carbons (Fsp3) is 0.355. The Morgan fingerprint density at radius 2 is 1.80 bits per heavy atom. The molecule has 0 aromatic heterocycles. The van der Waals surface area contributed by atoms with Crippen LogP contribution in [0.2, 0.25) is 0 Å². The SMILES string of the molecule is COc1ccc(CN(C)C[C@H]2Oc3ccc(NC(=O)Nc4ccccc4)cc3C(=O)N([C@H](C)CO)C[C@H]2C)cc1. The monoisotopic (exact) mass is 546 g/mol. The lowest BCUT2D eigenvalue weighted by Gasteiger charge is -2.38. The lowest BCUT2D eigenvalue weighted by molar-refractivity contribution is 0.0341. The number of methoxy groups -OCH3 is 1. The Hall–Kier alpha value is -4.08. The van der Waals surface area contributed by atoms with Gasteiger partial charge in [-0.25, -0.2) is 4.79 Å². The zero-order valence-corrected chi connectivity index (χ0v) is 23.5. The molecule has 0 saturated heterocycles. The maximum atomic E-state index is 13.7. The summed E-state index contributed by atoms with van der Waals surface area (Å²) in [4.78, 5) is 30.1. The van der Waals surface area contributed by atoms with Gasteiger partial charge in [0.25, 0.3) is 5.91 Å². The van der Waals surface area contributed by atoms with Crippen molar-refractivity contribution >= 4 is 23.3 Å². The zero-order chi connectivity index (χ0) is 28.6. The summed E-state index contributed by atoms with van der Waals surface area (Å²) in [6.07, 6.45) is -0.219. The number of nitrogens with zero attached hydrogens (tertiary/aromatic N) is 2. The van der Waals surface area contributed by atoms with Crippen LogP contribution in [0.4, 0.5) is 16.2 Å². The van der Waals surface area contributed by atoms with Crippen molar-refractivity contribution in [2.75, 3.05) is 44.5 Å². The normalized spacial score (nSPS) is 17.8. The van der Waals surface area contributed by atoms with E-state index in [1.165, 1.54) is 0 Å². The molecule has 3 aromatic carbocycles. The van der Waals surface area contributed by atoms with Crippen molar-refractivity contribution < 1.29 is 24.2 Å². The minimum absolute atomic E-state index is 0.00105. The summed E-state index contributed by atoms with van der Waals surface area (Å²) in [6, 6.07) is 21.4. The Balaban J connectivity index is 1.54. The van der Waals surface area contributed by atoms with Crippen LogP contribution in [0.1, 0.15) is 29.8 Å². The van der Waals surface area contributed by atoms with Gasteiger partial charge in [-0.2, -0.15) is 0 Å². The number of urea groups is 1. The van der Waals surface area contributed by atoms with Gasteiger partial charge in [-0.05, 0) is 62.0 Å². The van der Waals surface area contributed by atoms with Gasteiger partial charge in [0.2, 0.25) is 0 Å². The number of aliphatic hydroxyl groups excluding tert-OH is 1. The van der Waals surface area contributed by atoms with Crippen LogP contribution in [0.3, 0.4) is 0 Å². The van der Waals surface area contributed by atoms with E-state index < -0.39 is 6.03 Å². The summed E-state index contributed by atoms with van der Waals surface area (Å²) in [7, 11) is 3.69. The third-order valence-electron chi connectivity index (χ3n) is 7.06. The van der Waals surface area contributed by atoms with E-state index in [2.05, 4.69) is 22.5 Å². The van der Waals surface area contributed by atoms with Gasteiger partial charge in [-0.3, -0.25) is 9.69 Å². The van der Waals surface area contributed by atoms with Crippen LogP contribution >= 0.6 is 0 Å². The predicted molar refractivity (Wildman–Crippen MR) is 156 cm³/mol. The van der Waals surface area contributed by atoms with Crippen LogP contribution in [0.5, 0.6) is 11.5 Å². The first-order chi connectivity index (χ1) is 19.3. The number of hydrogen-bond donors (Lipinski definition) is 3. The molecule has 3 amide bonds. The number of anilines is 2. The van der Waals surface area contributed by atoms with Crippen LogP contribution in [0.15, 0.2) is 72.8 Å². The first-order valence-corrected chi connectivity index (χ1v) is 13.4. The highest BCUT2D eigenvalue weighted by Gasteiger charge is 2.33. The number of carbonyl (C=O) groups excluding carboxylic acids is 2.